The highest BCUT2D eigenvalue weighted by molar-refractivity contribution is 7.91. The highest BCUT2D eigenvalue weighted by Gasteiger charge is 2.12. The Morgan fingerprint density at radius 3 is 2.67 bits per heavy atom. The lowest BCUT2D eigenvalue weighted by Crippen LogP contribution is -2.18. The van der Waals surface area contributed by atoms with Crippen molar-refractivity contribution in [3.8, 4) is 0 Å². The first kappa shape index (κ1) is 7.02. The lowest BCUT2D eigenvalue weighted by atomic mass is 10.5. The Morgan fingerprint density at radius 2 is 1.89 bits per heavy atom. The molecule has 0 unspecified atom stereocenters. The van der Waals surface area contributed by atoms with Gasteiger partial charge in [-0.05, 0) is 13.0 Å². The van der Waals surface area contributed by atoms with Gasteiger partial charge in [0.2, 0.25) is 0 Å². The Bertz CT molecular complexity index is 159. The lowest BCUT2D eigenvalue weighted by Gasteiger charge is -1.93. The fourth-order valence-corrected chi connectivity index (χ4v) is 2.12. The van der Waals surface area contributed by atoms with E-state index in [0.29, 0.717) is 18.1 Å². The maximum Gasteiger partial charge on any atom is 0.151 e. The summed E-state index contributed by atoms with van der Waals surface area (Å²) in [6.07, 6.45) is 0.766. The van der Waals surface area contributed by atoms with Gasteiger partial charge in [0.15, 0.2) is 9.84 Å². The molecule has 0 aromatic rings. The first-order valence-corrected chi connectivity index (χ1v) is 4.94. The zero-order chi connectivity index (χ0) is 6.74. The van der Waals surface area contributed by atoms with Gasteiger partial charge in [-0.3, -0.25) is 0 Å². The third kappa shape index (κ3) is 2.32. The Labute approximate surface area is 55.4 Å². The Balaban J connectivity index is 2.56. The molecule has 1 rings (SSSR count). The van der Waals surface area contributed by atoms with Crippen molar-refractivity contribution in [3.05, 3.63) is 0 Å². The Morgan fingerprint density at radius 1 is 1.11 bits per heavy atom. The van der Waals surface area contributed by atoms with Gasteiger partial charge < -0.3 is 5.32 Å². The van der Waals surface area contributed by atoms with Gasteiger partial charge in [-0.15, -0.1) is 0 Å². The molecule has 0 radical (unpaired) electrons. The molecular weight excluding hydrogens is 138 g/mol. The van der Waals surface area contributed by atoms with Crippen molar-refractivity contribution in [2.24, 2.45) is 0 Å². The predicted octanol–water partition coefficient (Wildman–Crippen LogP) is -0.606. The van der Waals surface area contributed by atoms with Gasteiger partial charge in [0.1, 0.15) is 0 Å². The molecule has 1 aliphatic heterocycles. The summed E-state index contributed by atoms with van der Waals surface area (Å²) in [7, 11) is -2.68. The number of rotatable bonds is 0. The largest absolute Gasteiger partial charge is 0.316 e. The van der Waals surface area contributed by atoms with Crippen molar-refractivity contribution in [1.29, 1.82) is 0 Å². The standard InChI is InChI=1S/C5H11NO2S/c7-9(8)4-1-2-6-3-5-9/h6H,1-5H2. The van der Waals surface area contributed by atoms with Crippen molar-refractivity contribution in [1.82, 2.24) is 5.32 Å². The molecule has 0 saturated carbocycles. The Hall–Kier alpha value is -0.0900. The van der Waals surface area contributed by atoms with Crippen LogP contribution in [0.2, 0.25) is 0 Å². The number of nitrogens with one attached hydrogen (secondary N) is 1. The predicted molar refractivity (Wildman–Crippen MR) is 36.1 cm³/mol. The van der Waals surface area contributed by atoms with E-state index >= 15 is 0 Å². The molecule has 4 heteroatoms. The van der Waals surface area contributed by atoms with Gasteiger partial charge in [0.25, 0.3) is 0 Å². The first-order valence-electron chi connectivity index (χ1n) is 3.12. The molecule has 0 amide bonds. The molecule has 0 aliphatic carbocycles. The zero-order valence-corrected chi connectivity index (χ0v) is 6.08. The van der Waals surface area contributed by atoms with Crippen LogP contribution in [0.5, 0.6) is 0 Å². The van der Waals surface area contributed by atoms with Crippen molar-refractivity contribution in [2.75, 3.05) is 24.6 Å². The average Bonchev–Trinajstić information content (AvgIpc) is 1.92. The van der Waals surface area contributed by atoms with Crippen LogP contribution in [0, 0.1) is 0 Å². The third-order valence-electron chi connectivity index (χ3n) is 1.40. The van der Waals surface area contributed by atoms with Crippen molar-refractivity contribution in [3.63, 3.8) is 0 Å². The SMILES string of the molecule is O=S1(=O)CCCNCC1. The maximum atomic E-state index is 10.8. The second-order valence-electron chi connectivity index (χ2n) is 2.26. The second kappa shape index (κ2) is 2.66. The van der Waals surface area contributed by atoms with Gasteiger partial charge in [-0.1, -0.05) is 0 Å². The summed E-state index contributed by atoms with van der Waals surface area (Å²) >= 11 is 0. The molecule has 1 N–H and O–H groups in total. The molecule has 0 spiro atoms. The minimum atomic E-state index is -2.68. The van der Waals surface area contributed by atoms with E-state index in [9.17, 15) is 8.42 Å². The average molecular weight is 149 g/mol. The van der Waals surface area contributed by atoms with Crippen LogP contribution in [-0.4, -0.2) is 33.0 Å². The van der Waals surface area contributed by atoms with E-state index in [-0.39, 0.29) is 0 Å². The van der Waals surface area contributed by atoms with Crippen LogP contribution in [0.3, 0.4) is 0 Å². The maximum absolute atomic E-state index is 10.8. The summed E-state index contributed by atoms with van der Waals surface area (Å²) in [5.41, 5.74) is 0. The highest BCUT2D eigenvalue weighted by Crippen LogP contribution is 1.95. The second-order valence-corrected chi connectivity index (χ2v) is 4.56. The molecule has 1 saturated heterocycles. The minimum absolute atomic E-state index is 0.312. The monoisotopic (exact) mass is 149 g/mol. The van der Waals surface area contributed by atoms with Gasteiger partial charge in [0, 0.05) is 6.54 Å². The van der Waals surface area contributed by atoms with Crippen molar-refractivity contribution in [2.45, 2.75) is 6.42 Å². The molecule has 54 valence electrons. The van der Waals surface area contributed by atoms with Crippen LogP contribution in [0.1, 0.15) is 6.42 Å². The molecule has 1 heterocycles. The summed E-state index contributed by atoms with van der Waals surface area (Å²) in [5.74, 6) is 0.674. The normalized spacial score (nSPS) is 27.1. The van der Waals surface area contributed by atoms with Crippen molar-refractivity contribution < 1.29 is 8.42 Å². The van der Waals surface area contributed by atoms with Gasteiger partial charge in [-0.25, -0.2) is 8.42 Å². The van der Waals surface area contributed by atoms with Crippen LogP contribution in [0.4, 0.5) is 0 Å². The smallest absolute Gasteiger partial charge is 0.151 e. The van der Waals surface area contributed by atoms with E-state index < -0.39 is 9.84 Å². The summed E-state index contributed by atoms with van der Waals surface area (Å²) in [4.78, 5) is 0. The summed E-state index contributed by atoms with van der Waals surface area (Å²) in [6, 6.07) is 0. The molecule has 9 heavy (non-hydrogen) atoms. The van der Waals surface area contributed by atoms with Crippen LogP contribution in [0.25, 0.3) is 0 Å². The Kier molecular flexibility index (Phi) is 2.08. The molecule has 1 aliphatic rings. The molecule has 1 fully saturated rings. The number of hydrogen-bond donors (Lipinski definition) is 1. The number of sulfone groups is 1. The molecular formula is C5H11NO2S. The topological polar surface area (TPSA) is 46.2 Å². The highest BCUT2D eigenvalue weighted by atomic mass is 32.2. The van der Waals surface area contributed by atoms with Crippen molar-refractivity contribution >= 4 is 9.84 Å². The van der Waals surface area contributed by atoms with Crippen LogP contribution < -0.4 is 5.32 Å². The third-order valence-corrected chi connectivity index (χ3v) is 3.14. The van der Waals surface area contributed by atoms with E-state index in [1.165, 1.54) is 0 Å². The fourth-order valence-electron chi connectivity index (χ4n) is 0.872. The molecule has 0 aromatic heterocycles. The van der Waals surface area contributed by atoms with Crippen LogP contribution >= 0.6 is 0 Å². The van der Waals surface area contributed by atoms with Gasteiger partial charge in [-0.2, -0.15) is 0 Å². The molecule has 0 bridgehead atoms. The van der Waals surface area contributed by atoms with Crippen LogP contribution in [0.15, 0.2) is 0 Å². The zero-order valence-electron chi connectivity index (χ0n) is 5.26. The minimum Gasteiger partial charge on any atom is -0.316 e. The molecule has 3 nitrogen and oxygen atoms in total. The lowest BCUT2D eigenvalue weighted by molar-refractivity contribution is 0.597. The summed E-state index contributed by atoms with van der Waals surface area (Å²) in [6.45, 7) is 1.47. The van der Waals surface area contributed by atoms with E-state index in [2.05, 4.69) is 5.32 Å². The molecule has 0 aromatic carbocycles. The van der Waals surface area contributed by atoms with E-state index in [4.69, 9.17) is 0 Å². The number of hydrogen-bond acceptors (Lipinski definition) is 3. The van der Waals surface area contributed by atoms with E-state index in [1.54, 1.807) is 0 Å². The quantitative estimate of drug-likeness (QED) is 0.500. The summed E-state index contributed by atoms with van der Waals surface area (Å²) in [5, 5.41) is 3.02. The van der Waals surface area contributed by atoms with Gasteiger partial charge >= 0.3 is 0 Å². The van der Waals surface area contributed by atoms with Gasteiger partial charge in [0.05, 0.1) is 11.5 Å². The first-order chi connectivity index (χ1) is 4.21. The summed E-state index contributed by atoms with van der Waals surface area (Å²) < 4.78 is 21.7. The van der Waals surface area contributed by atoms with E-state index in [0.717, 1.165) is 13.0 Å². The molecule has 0 atom stereocenters. The fraction of sp³-hybridized carbons (Fsp3) is 1.00. The van der Waals surface area contributed by atoms with E-state index in [1.807, 2.05) is 0 Å². The van der Waals surface area contributed by atoms with Crippen LogP contribution in [-0.2, 0) is 9.84 Å².